The van der Waals surface area contributed by atoms with E-state index < -0.39 is 0 Å². The third-order valence-corrected chi connectivity index (χ3v) is 3.39. The summed E-state index contributed by atoms with van der Waals surface area (Å²) < 4.78 is 2.41. The van der Waals surface area contributed by atoms with Gasteiger partial charge in [0.1, 0.15) is 0 Å². The summed E-state index contributed by atoms with van der Waals surface area (Å²) in [6, 6.07) is 4.39. The van der Waals surface area contributed by atoms with Crippen LogP contribution in [0, 0.1) is 11.8 Å². The normalized spacial score (nSPS) is 11.6. The van der Waals surface area contributed by atoms with Crippen molar-refractivity contribution in [2.45, 2.75) is 53.6 Å². The summed E-state index contributed by atoms with van der Waals surface area (Å²) in [5.41, 5.74) is 1.41. The number of rotatable bonds is 8. The molecule has 2 heteroatoms. The van der Waals surface area contributed by atoms with Crippen LogP contribution in [0.2, 0.25) is 0 Å². The van der Waals surface area contributed by atoms with Gasteiger partial charge in [-0.1, -0.05) is 40.5 Å². The summed E-state index contributed by atoms with van der Waals surface area (Å²) in [6.07, 6.45) is 4.76. The largest absolute Gasteiger partial charge is 0.350 e. The van der Waals surface area contributed by atoms with Gasteiger partial charge in [0.05, 0.1) is 0 Å². The number of nitrogens with one attached hydrogen (secondary N) is 1. The fourth-order valence-corrected chi connectivity index (χ4v) is 2.10. The third-order valence-electron chi connectivity index (χ3n) is 3.39. The zero-order chi connectivity index (χ0) is 12.7. The molecule has 1 N–H and O–H groups in total. The Bertz CT molecular complexity index is 298. The SMILES string of the molecule is CCC(CC)Cn1cccc1CNCC(C)C. The molecule has 0 amide bonds. The van der Waals surface area contributed by atoms with Gasteiger partial charge in [0.15, 0.2) is 0 Å². The highest BCUT2D eigenvalue weighted by Gasteiger charge is 2.07. The highest BCUT2D eigenvalue weighted by atomic mass is 15.0. The molecule has 17 heavy (non-hydrogen) atoms. The van der Waals surface area contributed by atoms with Crippen molar-refractivity contribution in [1.82, 2.24) is 9.88 Å². The summed E-state index contributed by atoms with van der Waals surface area (Å²) in [6.45, 7) is 12.3. The van der Waals surface area contributed by atoms with Crippen LogP contribution in [-0.4, -0.2) is 11.1 Å². The van der Waals surface area contributed by atoms with Crippen molar-refractivity contribution in [3.05, 3.63) is 24.0 Å². The lowest BCUT2D eigenvalue weighted by molar-refractivity contribution is 0.408. The first-order chi connectivity index (χ1) is 8.17. The molecule has 0 saturated heterocycles. The molecule has 0 aliphatic carbocycles. The molecule has 0 aromatic carbocycles. The van der Waals surface area contributed by atoms with Gasteiger partial charge in [0.25, 0.3) is 0 Å². The summed E-state index contributed by atoms with van der Waals surface area (Å²) in [5.74, 6) is 1.53. The lowest BCUT2D eigenvalue weighted by atomic mass is 10.0. The molecule has 0 fully saturated rings. The maximum atomic E-state index is 3.52. The van der Waals surface area contributed by atoms with Crippen LogP contribution in [0.1, 0.15) is 46.2 Å². The second-order valence-corrected chi connectivity index (χ2v) is 5.36. The predicted molar refractivity (Wildman–Crippen MR) is 75.0 cm³/mol. The maximum absolute atomic E-state index is 3.52. The molecule has 0 atom stereocenters. The molecule has 0 bridgehead atoms. The number of hydrogen-bond acceptors (Lipinski definition) is 1. The van der Waals surface area contributed by atoms with E-state index in [2.05, 4.69) is 55.9 Å². The molecule has 0 radical (unpaired) electrons. The molecule has 1 rings (SSSR count). The summed E-state index contributed by atoms with van der Waals surface area (Å²) in [5, 5.41) is 3.52. The van der Waals surface area contributed by atoms with E-state index in [1.807, 2.05) is 0 Å². The Labute approximate surface area is 106 Å². The zero-order valence-electron chi connectivity index (χ0n) is 11.9. The molecule has 0 aliphatic rings. The minimum atomic E-state index is 0.720. The van der Waals surface area contributed by atoms with Crippen LogP contribution < -0.4 is 5.32 Å². The smallest absolute Gasteiger partial charge is 0.0359 e. The van der Waals surface area contributed by atoms with Crippen molar-refractivity contribution < 1.29 is 0 Å². The molecule has 0 saturated carbocycles. The van der Waals surface area contributed by atoms with E-state index in [4.69, 9.17) is 0 Å². The Morgan fingerprint density at radius 3 is 2.53 bits per heavy atom. The Morgan fingerprint density at radius 2 is 1.94 bits per heavy atom. The minimum absolute atomic E-state index is 0.720. The molecule has 0 aliphatic heterocycles. The second kappa shape index (κ2) is 7.54. The molecule has 1 aromatic heterocycles. The first kappa shape index (κ1) is 14.3. The van der Waals surface area contributed by atoms with Crippen LogP contribution in [0.5, 0.6) is 0 Å². The van der Waals surface area contributed by atoms with Gasteiger partial charge in [-0.3, -0.25) is 0 Å². The van der Waals surface area contributed by atoms with E-state index >= 15 is 0 Å². The standard InChI is InChI=1S/C15H28N2/c1-5-14(6-2)12-17-9-7-8-15(17)11-16-10-13(3)4/h7-9,13-14,16H,5-6,10-12H2,1-4H3. The summed E-state index contributed by atoms with van der Waals surface area (Å²) in [4.78, 5) is 0. The van der Waals surface area contributed by atoms with Crippen LogP contribution >= 0.6 is 0 Å². The van der Waals surface area contributed by atoms with Gasteiger partial charge in [0, 0.05) is 25.0 Å². The van der Waals surface area contributed by atoms with Gasteiger partial charge in [-0.25, -0.2) is 0 Å². The Morgan fingerprint density at radius 1 is 1.24 bits per heavy atom. The molecular formula is C15H28N2. The maximum Gasteiger partial charge on any atom is 0.0359 e. The molecule has 1 aromatic rings. The van der Waals surface area contributed by atoms with E-state index in [1.54, 1.807) is 0 Å². The monoisotopic (exact) mass is 236 g/mol. The van der Waals surface area contributed by atoms with Gasteiger partial charge >= 0.3 is 0 Å². The molecule has 1 heterocycles. The first-order valence-corrected chi connectivity index (χ1v) is 7.02. The zero-order valence-corrected chi connectivity index (χ0v) is 11.9. The van der Waals surface area contributed by atoms with Crippen LogP contribution in [0.25, 0.3) is 0 Å². The van der Waals surface area contributed by atoms with Crippen LogP contribution in [0.15, 0.2) is 18.3 Å². The van der Waals surface area contributed by atoms with Crippen molar-refractivity contribution in [3.63, 3.8) is 0 Å². The summed E-state index contributed by atoms with van der Waals surface area (Å²) in [7, 11) is 0. The fourth-order valence-electron chi connectivity index (χ4n) is 2.10. The van der Waals surface area contributed by atoms with E-state index in [0.717, 1.165) is 24.9 Å². The molecule has 2 nitrogen and oxygen atoms in total. The first-order valence-electron chi connectivity index (χ1n) is 7.02. The lowest BCUT2D eigenvalue weighted by Crippen LogP contribution is -2.21. The van der Waals surface area contributed by atoms with Crippen molar-refractivity contribution in [2.24, 2.45) is 11.8 Å². The Balaban J connectivity index is 2.47. The molecule has 0 spiro atoms. The van der Waals surface area contributed by atoms with Crippen LogP contribution in [-0.2, 0) is 13.1 Å². The number of nitrogens with zero attached hydrogens (tertiary/aromatic N) is 1. The summed E-state index contributed by atoms with van der Waals surface area (Å²) >= 11 is 0. The van der Waals surface area contributed by atoms with E-state index in [-0.39, 0.29) is 0 Å². The topological polar surface area (TPSA) is 17.0 Å². The highest BCUT2D eigenvalue weighted by Crippen LogP contribution is 2.13. The Hall–Kier alpha value is -0.760. The van der Waals surface area contributed by atoms with E-state index in [0.29, 0.717) is 0 Å². The molecule has 0 unspecified atom stereocenters. The van der Waals surface area contributed by atoms with Crippen molar-refractivity contribution >= 4 is 0 Å². The predicted octanol–water partition coefficient (Wildman–Crippen LogP) is 3.67. The molecular weight excluding hydrogens is 208 g/mol. The lowest BCUT2D eigenvalue weighted by Gasteiger charge is -2.17. The number of hydrogen-bond donors (Lipinski definition) is 1. The second-order valence-electron chi connectivity index (χ2n) is 5.36. The van der Waals surface area contributed by atoms with Gasteiger partial charge in [-0.2, -0.15) is 0 Å². The van der Waals surface area contributed by atoms with Crippen molar-refractivity contribution in [3.8, 4) is 0 Å². The average Bonchev–Trinajstić information content (AvgIpc) is 2.73. The fraction of sp³-hybridized carbons (Fsp3) is 0.733. The van der Waals surface area contributed by atoms with Crippen LogP contribution in [0.4, 0.5) is 0 Å². The Kier molecular flexibility index (Phi) is 6.35. The van der Waals surface area contributed by atoms with Gasteiger partial charge < -0.3 is 9.88 Å². The molecule has 98 valence electrons. The minimum Gasteiger partial charge on any atom is -0.350 e. The third kappa shape index (κ3) is 4.95. The van der Waals surface area contributed by atoms with E-state index in [1.165, 1.54) is 25.1 Å². The number of aromatic nitrogens is 1. The average molecular weight is 236 g/mol. The van der Waals surface area contributed by atoms with Gasteiger partial charge in [-0.05, 0) is 30.5 Å². The van der Waals surface area contributed by atoms with Crippen molar-refractivity contribution in [2.75, 3.05) is 6.54 Å². The van der Waals surface area contributed by atoms with Gasteiger partial charge in [0.2, 0.25) is 0 Å². The quantitative estimate of drug-likeness (QED) is 0.728. The highest BCUT2D eigenvalue weighted by molar-refractivity contribution is 5.07. The van der Waals surface area contributed by atoms with Crippen LogP contribution in [0.3, 0.4) is 0 Å². The van der Waals surface area contributed by atoms with Gasteiger partial charge in [-0.15, -0.1) is 0 Å². The van der Waals surface area contributed by atoms with E-state index in [9.17, 15) is 0 Å². The van der Waals surface area contributed by atoms with Crippen molar-refractivity contribution in [1.29, 1.82) is 0 Å².